The van der Waals surface area contributed by atoms with Crippen molar-refractivity contribution >= 4 is 0 Å². The van der Waals surface area contributed by atoms with E-state index in [-0.39, 0.29) is 12.0 Å². The maximum atomic E-state index is 9.28. The maximum Gasteiger partial charge on any atom is 0.231 e. The molecule has 0 aliphatic carbocycles. The molecule has 0 amide bonds. The molecule has 2 rings (SSSR count). The Hall–Kier alpha value is -1.26. The highest BCUT2D eigenvalue weighted by Crippen LogP contribution is 2.32. The summed E-state index contributed by atoms with van der Waals surface area (Å²) in [7, 11) is 2.09. The predicted molar refractivity (Wildman–Crippen MR) is 74.6 cm³/mol. The first-order valence-corrected chi connectivity index (χ1v) is 6.68. The highest BCUT2D eigenvalue weighted by atomic mass is 16.7. The van der Waals surface area contributed by atoms with Crippen LogP contribution in [-0.4, -0.2) is 43.5 Å². The van der Waals surface area contributed by atoms with E-state index in [1.165, 1.54) is 5.56 Å². The third kappa shape index (κ3) is 3.85. The van der Waals surface area contributed by atoms with Gasteiger partial charge in [-0.2, -0.15) is 0 Å². The van der Waals surface area contributed by atoms with Crippen molar-refractivity contribution in [3.63, 3.8) is 0 Å². The summed E-state index contributed by atoms with van der Waals surface area (Å²) < 4.78 is 10.7. The molecule has 1 N–H and O–H groups in total. The third-order valence-electron chi connectivity index (χ3n) is 3.35. The van der Waals surface area contributed by atoms with Crippen LogP contribution in [0.15, 0.2) is 18.2 Å². The van der Waals surface area contributed by atoms with Gasteiger partial charge in [0.25, 0.3) is 0 Å². The van der Waals surface area contributed by atoms with Crippen LogP contribution in [-0.2, 0) is 6.42 Å². The number of rotatable bonds is 6. The quantitative estimate of drug-likeness (QED) is 0.853. The average molecular weight is 265 g/mol. The van der Waals surface area contributed by atoms with E-state index in [4.69, 9.17) is 9.47 Å². The number of aliphatic hydroxyl groups is 1. The Kier molecular flexibility index (Phi) is 4.32. The van der Waals surface area contributed by atoms with Gasteiger partial charge >= 0.3 is 0 Å². The Balaban J connectivity index is 1.85. The monoisotopic (exact) mass is 265 g/mol. The molecule has 4 nitrogen and oxygen atoms in total. The van der Waals surface area contributed by atoms with Crippen LogP contribution in [0.1, 0.15) is 19.4 Å². The molecule has 1 aliphatic heterocycles. The number of fused-ring (bicyclic) bond motifs is 1. The smallest absolute Gasteiger partial charge is 0.231 e. The molecule has 0 saturated heterocycles. The second-order valence-corrected chi connectivity index (χ2v) is 6.00. The lowest BCUT2D eigenvalue weighted by Gasteiger charge is -2.28. The van der Waals surface area contributed by atoms with E-state index in [1.807, 2.05) is 12.1 Å². The second kappa shape index (κ2) is 5.80. The molecule has 106 valence electrons. The number of ether oxygens (including phenoxy) is 2. The van der Waals surface area contributed by atoms with E-state index in [1.54, 1.807) is 0 Å². The number of nitrogens with zero attached hydrogens (tertiary/aromatic N) is 1. The predicted octanol–water partition coefficient (Wildman–Crippen LogP) is 1.91. The Morgan fingerprint density at radius 1 is 1.26 bits per heavy atom. The van der Waals surface area contributed by atoms with Crippen molar-refractivity contribution < 1.29 is 14.6 Å². The van der Waals surface area contributed by atoms with Crippen LogP contribution in [0.2, 0.25) is 0 Å². The highest BCUT2D eigenvalue weighted by Gasteiger charge is 2.19. The number of hydrogen-bond acceptors (Lipinski definition) is 4. The van der Waals surface area contributed by atoms with Gasteiger partial charge in [-0.15, -0.1) is 0 Å². The minimum Gasteiger partial charge on any atom is -0.454 e. The van der Waals surface area contributed by atoms with E-state index in [0.29, 0.717) is 6.79 Å². The van der Waals surface area contributed by atoms with Crippen LogP contribution in [0, 0.1) is 5.41 Å². The largest absolute Gasteiger partial charge is 0.454 e. The molecule has 0 aromatic heterocycles. The molecule has 1 aromatic carbocycles. The third-order valence-corrected chi connectivity index (χ3v) is 3.35. The van der Waals surface area contributed by atoms with Crippen LogP contribution in [0.3, 0.4) is 0 Å². The first-order valence-electron chi connectivity index (χ1n) is 6.68. The van der Waals surface area contributed by atoms with Crippen LogP contribution >= 0.6 is 0 Å². The van der Waals surface area contributed by atoms with Gasteiger partial charge in [0, 0.05) is 25.1 Å². The van der Waals surface area contributed by atoms with Crippen molar-refractivity contribution in [3.8, 4) is 11.5 Å². The zero-order chi connectivity index (χ0) is 13.9. The topological polar surface area (TPSA) is 41.9 Å². The normalized spacial score (nSPS) is 14.2. The minimum atomic E-state index is -0.0519. The average Bonchev–Trinajstić information content (AvgIpc) is 2.83. The van der Waals surface area contributed by atoms with Crippen LogP contribution in [0.5, 0.6) is 11.5 Å². The Morgan fingerprint density at radius 2 is 2.00 bits per heavy atom. The lowest BCUT2D eigenvalue weighted by atomic mass is 9.94. The molecule has 1 heterocycles. The standard InChI is InChI=1S/C15H23NO3/c1-15(2,10-17)9-16(3)7-6-12-4-5-13-14(8-12)19-11-18-13/h4-5,8,17H,6-7,9-11H2,1-3H3. The second-order valence-electron chi connectivity index (χ2n) is 6.00. The van der Waals surface area contributed by atoms with E-state index >= 15 is 0 Å². The van der Waals surface area contributed by atoms with E-state index < -0.39 is 0 Å². The summed E-state index contributed by atoms with van der Waals surface area (Å²) in [6.45, 7) is 6.52. The summed E-state index contributed by atoms with van der Waals surface area (Å²) in [4.78, 5) is 2.25. The van der Waals surface area contributed by atoms with Crippen molar-refractivity contribution in [1.29, 1.82) is 0 Å². The molecule has 0 bridgehead atoms. The molecular formula is C15H23NO3. The van der Waals surface area contributed by atoms with Gasteiger partial charge in [0.05, 0.1) is 0 Å². The summed E-state index contributed by atoms with van der Waals surface area (Å²) >= 11 is 0. The van der Waals surface area contributed by atoms with Gasteiger partial charge in [-0.05, 0) is 31.2 Å². The molecule has 0 atom stereocenters. The number of likely N-dealkylation sites (N-methyl/N-ethyl adjacent to an activating group) is 1. The first kappa shape index (κ1) is 14.2. The lowest BCUT2D eigenvalue weighted by molar-refractivity contribution is 0.116. The molecular weight excluding hydrogens is 242 g/mol. The fraction of sp³-hybridized carbons (Fsp3) is 0.600. The number of benzene rings is 1. The molecule has 0 fully saturated rings. The summed E-state index contributed by atoms with van der Waals surface area (Å²) in [6, 6.07) is 6.10. The first-order chi connectivity index (χ1) is 9.00. The van der Waals surface area contributed by atoms with E-state index in [0.717, 1.165) is 31.0 Å². The summed E-state index contributed by atoms with van der Waals surface area (Å²) in [6.07, 6.45) is 0.967. The molecule has 19 heavy (non-hydrogen) atoms. The number of hydrogen-bond donors (Lipinski definition) is 1. The van der Waals surface area contributed by atoms with Gasteiger partial charge in [-0.3, -0.25) is 0 Å². The van der Waals surface area contributed by atoms with Crippen molar-refractivity contribution in [2.24, 2.45) is 5.41 Å². The minimum absolute atomic E-state index is 0.0519. The van der Waals surface area contributed by atoms with E-state index in [2.05, 4.69) is 31.9 Å². The molecule has 0 radical (unpaired) electrons. The van der Waals surface area contributed by atoms with Gasteiger partial charge in [0.15, 0.2) is 11.5 Å². The molecule has 0 spiro atoms. The fourth-order valence-corrected chi connectivity index (χ4v) is 2.28. The Morgan fingerprint density at radius 3 is 2.74 bits per heavy atom. The highest BCUT2D eigenvalue weighted by molar-refractivity contribution is 5.44. The van der Waals surface area contributed by atoms with Gasteiger partial charge in [0.1, 0.15) is 0 Å². The SMILES string of the molecule is CN(CCc1ccc2c(c1)OCO2)CC(C)(C)CO. The van der Waals surface area contributed by atoms with E-state index in [9.17, 15) is 5.11 Å². The van der Waals surface area contributed by atoms with Gasteiger partial charge in [-0.1, -0.05) is 19.9 Å². The van der Waals surface area contributed by atoms with Crippen molar-refractivity contribution in [3.05, 3.63) is 23.8 Å². The lowest BCUT2D eigenvalue weighted by Crippen LogP contribution is -2.35. The van der Waals surface area contributed by atoms with Crippen molar-refractivity contribution in [2.75, 3.05) is 33.5 Å². The molecule has 4 heteroatoms. The Bertz CT molecular complexity index is 431. The van der Waals surface area contributed by atoms with Gasteiger partial charge < -0.3 is 19.5 Å². The van der Waals surface area contributed by atoms with Gasteiger partial charge in [0.2, 0.25) is 6.79 Å². The summed E-state index contributed by atoms with van der Waals surface area (Å²) in [5.41, 5.74) is 1.20. The zero-order valence-corrected chi connectivity index (χ0v) is 12.0. The maximum absolute atomic E-state index is 9.28. The van der Waals surface area contributed by atoms with Gasteiger partial charge in [-0.25, -0.2) is 0 Å². The zero-order valence-electron chi connectivity index (χ0n) is 12.0. The molecule has 0 unspecified atom stereocenters. The number of aliphatic hydroxyl groups excluding tert-OH is 1. The van der Waals surface area contributed by atoms with Crippen LogP contribution < -0.4 is 9.47 Å². The van der Waals surface area contributed by atoms with Crippen molar-refractivity contribution in [2.45, 2.75) is 20.3 Å². The molecule has 1 aromatic rings. The molecule has 1 aliphatic rings. The Labute approximate surface area is 114 Å². The summed E-state index contributed by atoms with van der Waals surface area (Å²) in [5, 5.41) is 9.28. The van der Waals surface area contributed by atoms with Crippen LogP contribution in [0.4, 0.5) is 0 Å². The molecule has 0 saturated carbocycles. The fourth-order valence-electron chi connectivity index (χ4n) is 2.28. The summed E-state index contributed by atoms with van der Waals surface area (Å²) in [5.74, 6) is 1.68. The van der Waals surface area contributed by atoms with Crippen molar-refractivity contribution in [1.82, 2.24) is 4.90 Å². The van der Waals surface area contributed by atoms with Crippen LogP contribution in [0.25, 0.3) is 0 Å².